The van der Waals surface area contributed by atoms with Gasteiger partial charge in [0.05, 0.1) is 25.2 Å². The van der Waals surface area contributed by atoms with Gasteiger partial charge in [-0.1, -0.05) is 106 Å². The van der Waals surface area contributed by atoms with Gasteiger partial charge in [0.2, 0.25) is 0 Å². The highest BCUT2D eigenvalue weighted by atomic mass is 16.6. The van der Waals surface area contributed by atoms with Gasteiger partial charge < -0.3 is 14.0 Å². The zero-order valence-electron chi connectivity index (χ0n) is 24.4. The molecule has 2 bridgehead atoms. The molecule has 216 valence electrons. The predicted octanol–water partition coefficient (Wildman–Crippen LogP) is 7.46. The zero-order valence-corrected chi connectivity index (χ0v) is 24.4. The Balaban J connectivity index is 1.35. The molecule has 2 atom stereocenters. The molecule has 2 aromatic rings. The van der Waals surface area contributed by atoms with E-state index in [-0.39, 0.29) is 12.1 Å². The molecule has 5 heteroatoms. The van der Waals surface area contributed by atoms with E-state index in [0.29, 0.717) is 29.6 Å². The number of unbranched alkanes of at least 4 members (excludes halogenated alkanes) is 6. The molecule has 0 amide bonds. The van der Waals surface area contributed by atoms with Gasteiger partial charge in [0.1, 0.15) is 6.10 Å². The number of esters is 2. The molecule has 40 heavy (non-hydrogen) atoms. The maximum absolute atomic E-state index is 14.4. The number of hydrogen-bond acceptors (Lipinski definition) is 4. The van der Waals surface area contributed by atoms with Crippen LogP contribution in [-0.2, 0) is 24.7 Å². The SMILES string of the molecule is CCCCCCCCCC(=O)OC(C(=O)OC1CC2CCC(C1)[N+]21CCCC1)(c1ccccc1)c1ccccc1. The lowest BCUT2D eigenvalue weighted by atomic mass is 9.85. The number of rotatable bonds is 13. The lowest BCUT2D eigenvalue weighted by Gasteiger charge is -2.47. The summed E-state index contributed by atoms with van der Waals surface area (Å²) in [7, 11) is 0. The van der Waals surface area contributed by atoms with Crippen molar-refractivity contribution >= 4 is 11.9 Å². The van der Waals surface area contributed by atoms with Crippen LogP contribution in [0.5, 0.6) is 0 Å². The van der Waals surface area contributed by atoms with Gasteiger partial charge in [-0.25, -0.2) is 4.79 Å². The molecule has 2 unspecified atom stereocenters. The molecule has 3 aliphatic rings. The second-order valence-electron chi connectivity index (χ2n) is 12.4. The molecule has 0 aromatic heterocycles. The second-order valence-corrected chi connectivity index (χ2v) is 12.4. The standard InChI is InChI=1S/C35H48NO4/c1-2-3-4-5-6-7-14-21-33(37)40-35(28-17-10-8-11-18-28,29-19-12-9-13-20-29)34(38)39-32-26-30-22-23-31(27-32)36(30)24-15-16-25-36/h8-13,17-20,30-32H,2-7,14-16,21-27H2,1H3/q+1. The van der Waals surface area contributed by atoms with E-state index >= 15 is 0 Å². The molecule has 3 saturated heterocycles. The number of carbonyl (C=O) groups is 2. The van der Waals surface area contributed by atoms with E-state index in [1.54, 1.807) is 0 Å². The van der Waals surface area contributed by atoms with Gasteiger partial charge in [-0.3, -0.25) is 4.79 Å². The fraction of sp³-hybridized carbons (Fsp3) is 0.600. The highest BCUT2D eigenvalue weighted by Gasteiger charge is 2.57. The predicted molar refractivity (Wildman–Crippen MR) is 158 cm³/mol. The summed E-state index contributed by atoms with van der Waals surface area (Å²) in [5, 5.41) is 0. The first kappa shape index (κ1) is 28.9. The van der Waals surface area contributed by atoms with Crippen molar-refractivity contribution in [3.63, 3.8) is 0 Å². The average molecular weight is 547 g/mol. The minimum atomic E-state index is -1.61. The topological polar surface area (TPSA) is 52.6 Å². The Morgan fingerprint density at radius 3 is 1.85 bits per heavy atom. The first-order valence-electron chi connectivity index (χ1n) is 16.0. The molecule has 5 nitrogen and oxygen atoms in total. The molecular formula is C35H48NO4+. The Kier molecular flexibility index (Phi) is 9.62. The first-order chi connectivity index (χ1) is 19.6. The molecule has 3 heterocycles. The van der Waals surface area contributed by atoms with Crippen LogP contribution in [-0.4, -0.2) is 47.7 Å². The lowest BCUT2D eigenvalue weighted by molar-refractivity contribution is -0.956. The van der Waals surface area contributed by atoms with E-state index in [1.165, 1.54) is 68.9 Å². The number of benzene rings is 2. The summed E-state index contributed by atoms with van der Waals surface area (Å²) in [5.74, 6) is -0.805. The third-order valence-corrected chi connectivity index (χ3v) is 9.93. The molecule has 3 aliphatic heterocycles. The summed E-state index contributed by atoms with van der Waals surface area (Å²) < 4.78 is 14.0. The van der Waals surface area contributed by atoms with E-state index in [1.807, 2.05) is 60.7 Å². The van der Waals surface area contributed by atoms with Crippen LogP contribution in [0.2, 0.25) is 0 Å². The van der Waals surface area contributed by atoms with Gasteiger partial charge in [0.25, 0.3) is 5.60 Å². The Morgan fingerprint density at radius 1 is 0.775 bits per heavy atom. The van der Waals surface area contributed by atoms with Crippen LogP contribution in [0.1, 0.15) is 108 Å². The van der Waals surface area contributed by atoms with Gasteiger partial charge in [0, 0.05) is 56.1 Å². The second kappa shape index (κ2) is 13.3. The normalized spacial score (nSPS) is 23.3. The fourth-order valence-electron chi connectivity index (χ4n) is 7.90. The number of hydrogen-bond donors (Lipinski definition) is 0. The van der Waals surface area contributed by atoms with Crippen molar-refractivity contribution in [3.8, 4) is 0 Å². The highest BCUT2D eigenvalue weighted by Crippen LogP contribution is 2.47. The third kappa shape index (κ3) is 6.00. The molecule has 3 fully saturated rings. The van der Waals surface area contributed by atoms with Crippen LogP contribution in [0, 0.1) is 0 Å². The Hall–Kier alpha value is -2.66. The summed E-state index contributed by atoms with van der Waals surface area (Å²) in [4.78, 5) is 27.8. The molecular weight excluding hydrogens is 498 g/mol. The molecule has 0 radical (unpaired) electrons. The minimum Gasteiger partial charge on any atom is -0.458 e. The van der Waals surface area contributed by atoms with E-state index in [0.717, 1.165) is 32.1 Å². The summed E-state index contributed by atoms with van der Waals surface area (Å²) in [5.41, 5.74) is -0.334. The molecule has 0 N–H and O–H groups in total. The number of carbonyl (C=O) groups excluding carboxylic acids is 2. The maximum Gasteiger partial charge on any atom is 0.360 e. The van der Waals surface area contributed by atoms with Crippen LogP contribution >= 0.6 is 0 Å². The van der Waals surface area contributed by atoms with E-state index in [2.05, 4.69) is 6.92 Å². The average Bonchev–Trinajstić information content (AvgIpc) is 3.53. The van der Waals surface area contributed by atoms with Crippen molar-refractivity contribution in [2.24, 2.45) is 0 Å². The molecule has 5 rings (SSSR count). The fourth-order valence-corrected chi connectivity index (χ4v) is 7.90. The number of quaternary nitrogens is 1. The molecule has 1 spiro atoms. The van der Waals surface area contributed by atoms with Gasteiger partial charge in [0.15, 0.2) is 0 Å². The van der Waals surface area contributed by atoms with Gasteiger partial charge in [-0.2, -0.15) is 0 Å². The van der Waals surface area contributed by atoms with Gasteiger partial charge >= 0.3 is 11.9 Å². The van der Waals surface area contributed by atoms with Crippen molar-refractivity contribution < 1.29 is 23.5 Å². The minimum absolute atomic E-state index is 0.136. The summed E-state index contributed by atoms with van der Waals surface area (Å²) in [6, 6.07) is 20.1. The van der Waals surface area contributed by atoms with Crippen LogP contribution in [0.4, 0.5) is 0 Å². The molecule has 2 aromatic carbocycles. The summed E-state index contributed by atoms with van der Waals surface area (Å²) >= 11 is 0. The van der Waals surface area contributed by atoms with Gasteiger partial charge in [-0.05, 0) is 6.42 Å². The van der Waals surface area contributed by atoms with Crippen LogP contribution in [0.15, 0.2) is 60.7 Å². The maximum atomic E-state index is 14.4. The summed E-state index contributed by atoms with van der Waals surface area (Å²) in [6.45, 7) is 4.78. The van der Waals surface area contributed by atoms with Crippen molar-refractivity contribution in [1.29, 1.82) is 0 Å². The first-order valence-corrected chi connectivity index (χ1v) is 16.0. The van der Waals surface area contributed by atoms with Crippen LogP contribution in [0.3, 0.4) is 0 Å². The Morgan fingerprint density at radius 2 is 1.30 bits per heavy atom. The monoisotopic (exact) mass is 546 g/mol. The van der Waals surface area contributed by atoms with Crippen molar-refractivity contribution in [2.45, 2.75) is 121 Å². The van der Waals surface area contributed by atoms with Crippen LogP contribution in [0.25, 0.3) is 0 Å². The zero-order chi connectivity index (χ0) is 27.8. The highest BCUT2D eigenvalue weighted by molar-refractivity contribution is 5.89. The third-order valence-electron chi connectivity index (χ3n) is 9.93. The number of piperidine rings is 1. The lowest BCUT2D eigenvalue weighted by Crippen LogP contribution is -2.60. The Labute approximate surface area is 240 Å². The number of ether oxygens (including phenoxy) is 2. The quantitative estimate of drug-likeness (QED) is 0.149. The van der Waals surface area contributed by atoms with Crippen molar-refractivity contribution in [2.75, 3.05) is 13.1 Å². The molecule has 0 aliphatic carbocycles. The van der Waals surface area contributed by atoms with Crippen LogP contribution < -0.4 is 0 Å². The van der Waals surface area contributed by atoms with E-state index in [9.17, 15) is 9.59 Å². The largest absolute Gasteiger partial charge is 0.458 e. The van der Waals surface area contributed by atoms with Crippen molar-refractivity contribution in [3.05, 3.63) is 71.8 Å². The number of nitrogens with zero attached hydrogens (tertiary/aromatic N) is 1. The molecule has 0 saturated carbocycles. The summed E-state index contributed by atoms with van der Waals surface area (Å²) in [6.07, 6.45) is 14.9. The van der Waals surface area contributed by atoms with Crippen molar-refractivity contribution in [1.82, 2.24) is 0 Å². The Bertz CT molecular complexity index is 1040. The smallest absolute Gasteiger partial charge is 0.360 e. The van der Waals surface area contributed by atoms with E-state index < -0.39 is 11.6 Å². The van der Waals surface area contributed by atoms with E-state index in [4.69, 9.17) is 9.47 Å². The van der Waals surface area contributed by atoms with Gasteiger partial charge in [-0.15, -0.1) is 0 Å².